The van der Waals surface area contributed by atoms with Gasteiger partial charge in [0, 0.05) is 28.9 Å². The van der Waals surface area contributed by atoms with E-state index in [0.717, 1.165) is 21.0 Å². The van der Waals surface area contributed by atoms with Gasteiger partial charge < -0.3 is 0 Å². The Morgan fingerprint density at radius 1 is 1.00 bits per heavy atom. The van der Waals surface area contributed by atoms with Crippen LogP contribution in [0.1, 0.15) is 20.7 Å². The van der Waals surface area contributed by atoms with Gasteiger partial charge in [0.05, 0.1) is 11.1 Å². The molecule has 1 aromatic heterocycles. The first kappa shape index (κ1) is 19.6. The number of hydrogen-bond acceptors (Lipinski definition) is 5. The Morgan fingerprint density at radius 3 is 2.28 bits per heavy atom. The standard InChI is InChI=1S/C21H17BrN4O2S/c1-2-11-25-18(14-7-9-15(22)10-8-14)23-24-21(25)29-13-12-26-19(27)16-5-3-4-6-17(16)20(26)28/h2-10H,1,11-13H2. The zero-order chi connectivity index (χ0) is 20.4. The third-order valence-corrected chi connectivity index (χ3v) is 6.03. The fourth-order valence-corrected chi connectivity index (χ4v) is 4.31. The number of imide groups is 1. The number of carbonyl (C=O) groups excluding carboxylic acids is 2. The highest BCUT2D eigenvalue weighted by molar-refractivity contribution is 9.10. The molecule has 0 unspecified atom stereocenters. The van der Waals surface area contributed by atoms with E-state index < -0.39 is 0 Å². The summed E-state index contributed by atoms with van der Waals surface area (Å²) in [5.41, 5.74) is 1.89. The Kier molecular flexibility index (Phi) is 5.64. The van der Waals surface area contributed by atoms with E-state index in [0.29, 0.717) is 30.0 Å². The van der Waals surface area contributed by atoms with E-state index in [-0.39, 0.29) is 11.8 Å². The highest BCUT2D eigenvalue weighted by atomic mass is 79.9. The molecule has 0 radical (unpaired) electrons. The number of thioether (sulfide) groups is 1. The average Bonchev–Trinajstić information content (AvgIpc) is 3.23. The number of rotatable bonds is 7. The van der Waals surface area contributed by atoms with E-state index in [1.54, 1.807) is 30.3 Å². The van der Waals surface area contributed by atoms with Gasteiger partial charge >= 0.3 is 0 Å². The molecule has 0 N–H and O–H groups in total. The van der Waals surface area contributed by atoms with Crippen molar-refractivity contribution in [3.05, 3.63) is 76.8 Å². The van der Waals surface area contributed by atoms with Crippen LogP contribution in [0.2, 0.25) is 0 Å². The molecule has 6 nitrogen and oxygen atoms in total. The molecule has 3 aromatic rings. The lowest BCUT2D eigenvalue weighted by Gasteiger charge is -2.13. The SMILES string of the molecule is C=CCn1c(SCCN2C(=O)c3ccccc3C2=O)nnc1-c1ccc(Br)cc1. The molecule has 4 rings (SSSR count). The topological polar surface area (TPSA) is 68.1 Å². The van der Waals surface area contributed by atoms with Crippen LogP contribution in [0.15, 0.2) is 70.8 Å². The van der Waals surface area contributed by atoms with Crippen LogP contribution in [0, 0.1) is 0 Å². The van der Waals surface area contributed by atoms with E-state index >= 15 is 0 Å². The maximum absolute atomic E-state index is 12.5. The van der Waals surface area contributed by atoms with Crippen LogP contribution in [-0.4, -0.2) is 43.8 Å². The quantitative estimate of drug-likeness (QED) is 0.294. The predicted molar refractivity (Wildman–Crippen MR) is 116 cm³/mol. The number of halogens is 1. The summed E-state index contributed by atoms with van der Waals surface area (Å²) in [4.78, 5) is 26.3. The number of carbonyl (C=O) groups is 2. The second-order valence-electron chi connectivity index (χ2n) is 6.37. The van der Waals surface area contributed by atoms with Gasteiger partial charge in [0.2, 0.25) is 0 Å². The Bertz CT molecular complexity index is 1060. The van der Waals surface area contributed by atoms with Crippen molar-refractivity contribution in [3.63, 3.8) is 0 Å². The smallest absolute Gasteiger partial charge is 0.261 e. The lowest BCUT2D eigenvalue weighted by atomic mass is 10.1. The highest BCUT2D eigenvalue weighted by Gasteiger charge is 2.34. The molecule has 1 aliphatic heterocycles. The number of amides is 2. The molecule has 2 aromatic carbocycles. The lowest BCUT2D eigenvalue weighted by molar-refractivity contribution is 0.0664. The van der Waals surface area contributed by atoms with Crippen molar-refractivity contribution in [2.24, 2.45) is 0 Å². The van der Waals surface area contributed by atoms with Crippen molar-refractivity contribution < 1.29 is 9.59 Å². The van der Waals surface area contributed by atoms with E-state index in [4.69, 9.17) is 0 Å². The molecule has 0 atom stereocenters. The highest BCUT2D eigenvalue weighted by Crippen LogP contribution is 2.27. The molecule has 2 heterocycles. The van der Waals surface area contributed by atoms with Gasteiger partial charge in [-0.05, 0) is 24.3 Å². The van der Waals surface area contributed by atoms with Crippen LogP contribution in [0.3, 0.4) is 0 Å². The number of allylic oxidation sites excluding steroid dienone is 1. The van der Waals surface area contributed by atoms with Crippen molar-refractivity contribution >= 4 is 39.5 Å². The molecule has 0 bridgehead atoms. The Balaban J connectivity index is 1.48. The minimum atomic E-state index is -0.241. The molecule has 0 fully saturated rings. The van der Waals surface area contributed by atoms with Gasteiger partial charge in [-0.3, -0.25) is 19.1 Å². The molecule has 146 valence electrons. The summed E-state index contributed by atoms with van der Waals surface area (Å²) < 4.78 is 2.97. The number of fused-ring (bicyclic) bond motifs is 1. The minimum absolute atomic E-state index is 0.241. The zero-order valence-corrected chi connectivity index (χ0v) is 17.8. The van der Waals surface area contributed by atoms with Crippen molar-refractivity contribution in [2.75, 3.05) is 12.3 Å². The number of hydrogen-bond donors (Lipinski definition) is 0. The van der Waals surface area contributed by atoms with Crippen molar-refractivity contribution in [3.8, 4) is 11.4 Å². The van der Waals surface area contributed by atoms with Gasteiger partial charge in [-0.25, -0.2) is 0 Å². The second-order valence-corrected chi connectivity index (χ2v) is 8.35. The first-order chi connectivity index (χ1) is 14.1. The number of nitrogens with zero attached hydrogens (tertiary/aromatic N) is 4. The van der Waals surface area contributed by atoms with Crippen LogP contribution in [0.5, 0.6) is 0 Å². The molecular weight excluding hydrogens is 452 g/mol. The number of benzene rings is 2. The summed E-state index contributed by atoms with van der Waals surface area (Å²) in [6.45, 7) is 4.70. The molecular formula is C21H17BrN4O2S. The van der Waals surface area contributed by atoms with Crippen LogP contribution >= 0.6 is 27.7 Å². The fourth-order valence-electron chi connectivity index (χ4n) is 3.17. The Labute approximate surface area is 180 Å². The maximum Gasteiger partial charge on any atom is 0.261 e. The van der Waals surface area contributed by atoms with Gasteiger partial charge in [-0.15, -0.1) is 16.8 Å². The summed E-state index contributed by atoms with van der Waals surface area (Å²) in [5.74, 6) is 0.797. The minimum Gasteiger partial charge on any atom is -0.298 e. The normalized spacial score (nSPS) is 13.1. The average molecular weight is 469 g/mol. The van der Waals surface area contributed by atoms with Gasteiger partial charge in [0.1, 0.15) is 0 Å². The molecule has 0 spiro atoms. The van der Waals surface area contributed by atoms with Crippen LogP contribution in [-0.2, 0) is 6.54 Å². The van der Waals surface area contributed by atoms with Crippen molar-refractivity contribution in [1.82, 2.24) is 19.7 Å². The monoisotopic (exact) mass is 468 g/mol. The third-order valence-electron chi connectivity index (χ3n) is 4.56. The first-order valence-electron chi connectivity index (χ1n) is 8.98. The Hall–Kier alpha value is -2.71. The van der Waals surface area contributed by atoms with Crippen molar-refractivity contribution in [2.45, 2.75) is 11.7 Å². The van der Waals surface area contributed by atoms with E-state index in [1.165, 1.54) is 16.7 Å². The van der Waals surface area contributed by atoms with Crippen molar-refractivity contribution in [1.29, 1.82) is 0 Å². The van der Waals surface area contributed by atoms with Crippen LogP contribution in [0.25, 0.3) is 11.4 Å². The molecule has 0 saturated heterocycles. The second kappa shape index (κ2) is 8.34. The fraction of sp³-hybridized carbons (Fsp3) is 0.143. The predicted octanol–water partition coefficient (Wildman–Crippen LogP) is 4.28. The van der Waals surface area contributed by atoms with Crippen LogP contribution < -0.4 is 0 Å². The molecule has 1 aliphatic rings. The first-order valence-corrected chi connectivity index (χ1v) is 10.8. The van der Waals surface area contributed by atoms with Gasteiger partial charge in [-0.1, -0.05) is 58.0 Å². The maximum atomic E-state index is 12.5. The summed E-state index contributed by atoms with van der Waals surface area (Å²) in [6.07, 6.45) is 1.79. The molecule has 0 aliphatic carbocycles. The Morgan fingerprint density at radius 2 is 1.66 bits per heavy atom. The molecule has 8 heteroatoms. The number of aromatic nitrogens is 3. The van der Waals surface area contributed by atoms with Crippen LogP contribution in [0.4, 0.5) is 0 Å². The van der Waals surface area contributed by atoms with Gasteiger partial charge in [-0.2, -0.15) is 0 Å². The molecule has 0 saturated carbocycles. The third kappa shape index (κ3) is 3.77. The lowest BCUT2D eigenvalue weighted by Crippen LogP contribution is -2.31. The molecule has 2 amide bonds. The van der Waals surface area contributed by atoms with E-state index in [1.807, 2.05) is 28.8 Å². The largest absolute Gasteiger partial charge is 0.298 e. The summed E-state index contributed by atoms with van der Waals surface area (Å²) in [5, 5.41) is 9.35. The van der Waals surface area contributed by atoms with Gasteiger partial charge in [0.25, 0.3) is 11.8 Å². The summed E-state index contributed by atoms with van der Waals surface area (Å²) in [6, 6.07) is 14.8. The van der Waals surface area contributed by atoms with Gasteiger partial charge in [0.15, 0.2) is 11.0 Å². The molecule has 29 heavy (non-hydrogen) atoms. The van der Waals surface area contributed by atoms with E-state index in [9.17, 15) is 9.59 Å². The summed E-state index contributed by atoms with van der Waals surface area (Å²) in [7, 11) is 0. The zero-order valence-electron chi connectivity index (χ0n) is 15.4. The van der Waals surface area contributed by atoms with E-state index in [2.05, 4.69) is 32.7 Å². The summed E-state index contributed by atoms with van der Waals surface area (Å²) >= 11 is 4.90.